The van der Waals surface area contributed by atoms with E-state index in [-0.39, 0.29) is 30.3 Å². The van der Waals surface area contributed by atoms with Gasteiger partial charge in [-0.1, -0.05) is 5.92 Å². The number of aliphatic imine (C=N–C) groups is 1. The first-order valence-corrected chi connectivity index (χ1v) is 9.94. The maximum atomic E-state index is 14.7. The lowest BCUT2D eigenvalue weighted by molar-refractivity contribution is 0.102. The number of pyridine rings is 1. The van der Waals surface area contributed by atoms with Crippen LogP contribution in [0.3, 0.4) is 0 Å². The highest BCUT2D eigenvalue weighted by molar-refractivity contribution is 6.03. The summed E-state index contributed by atoms with van der Waals surface area (Å²) in [4.78, 5) is 21.4. The monoisotopic (exact) mass is 422 g/mol. The highest BCUT2D eigenvalue weighted by Gasteiger charge is 2.57. The van der Waals surface area contributed by atoms with Gasteiger partial charge in [0.25, 0.3) is 11.9 Å². The molecule has 0 bridgehead atoms. The minimum atomic E-state index is -0.841. The van der Waals surface area contributed by atoms with Crippen LogP contribution in [-0.2, 0) is 10.3 Å². The van der Waals surface area contributed by atoms with Crippen molar-refractivity contribution in [1.29, 1.82) is 0 Å². The smallest absolute Gasteiger partial charge is 0.283 e. The van der Waals surface area contributed by atoms with E-state index >= 15 is 0 Å². The number of nitrogens with one attached hydrogen (secondary N) is 1. The summed E-state index contributed by atoms with van der Waals surface area (Å²) in [6.45, 7) is 5.59. The van der Waals surface area contributed by atoms with Crippen LogP contribution < -0.4 is 15.8 Å². The summed E-state index contributed by atoms with van der Waals surface area (Å²) in [5, 5.41) is 2.79. The van der Waals surface area contributed by atoms with E-state index in [9.17, 15) is 9.18 Å². The van der Waals surface area contributed by atoms with E-state index in [0.29, 0.717) is 22.6 Å². The molecule has 1 aromatic carbocycles. The average Bonchev–Trinajstić information content (AvgIpc) is 3.50. The van der Waals surface area contributed by atoms with Crippen molar-refractivity contribution in [1.82, 2.24) is 4.98 Å². The van der Waals surface area contributed by atoms with Crippen LogP contribution in [0.4, 0.5) is 10.1 Å². The van der Waals surface area contributed by atoms with E-state index in [4.69, 9.17) is 15.2 Å². The first kappa shape index (κ1) is 20.7. The van der Waals surface area contributed by atoms with Crippen molar-refractivity contribution in [3.05, 3.63) is 53.1 Å². The van der Waals surface area contributed by atoms with Gasteiger partial charge in [-0.15, -0.1) is 5.92 Å². The molecule has 4 rings (SSSR count). The number of carbonyl (C=O) groups is 1. The van der Waals surface area contributed by atoms with Gasteiger partial charge in [0.15, 0.2) is 0 Å². The molecule has 7 nitrogen and oxygen atoms in total. The number of halogens is 1. The fourth-order valence-corrected chi connectivity index (χ4v) is 3.89. The standard InChI is InChI=1S/C23H23FN4O3/c1-4-5-8-30-15-9-13(2)20(26-12-15)21(29)27-14-6-7-18(24)16(10-14)23(3)17-11-19(17)31-22(25)28-23/h6-7,9-10,12,17,19H,8,11H2,1-3H3,(H2,25,28)(H,27,29)/t17-,19+,23-/m0/s1. The minimum absolute atomic E-state index is 0.0453. The van der Waals surface area contributed by atoms with Crippen LogP contribution >= 0.6 is 0 Å². The molecule has 2 aliphatic rings. The van der Waals surface area contributed by atoms with E-state index in [1.807, 2.05) is 6.92 Å². The van der Waals surface area contributed by atoms with Crippen molar-refractivity contribution in [2.45, 2.75) is 38.8 Å². The quantitative estimate of drug-likeness (QED) is 0.722. The molecule has 1 fully saturated rings. The van der Waals surface area contributed by atoms with Gasteiger partial charge in [-0.2, -0.15) is 0 Å². The van der Waals surface area contributed by atoms with Gasteiger partial charge in [0.2, 0.25) is 0 Å². The number of anilines is 1. The molecule has 1 amide bonds. The van der Waals surface area contributed by atoms with E-state index < -0.39 is 17.3 Å². The Morgan fingerprint density at radius 3 is 3.00 bits per heavy atom. The number of fused-ring (bicyclic) bond motifs is 1. The number of nitrogens with zero attached hydrogens (tertiary/aromatic N) is 2. The minimum Gasteiger partial charge on any atom is -0.479 e. The Labute approximate surface area is 179 Å². The maximum absolute atomic E-state index is 14.7. The summed E-state index contributed by atoms with van der Waals surface area (Å²) < 4.78 is 25.6. The van der Waals surface area contributed by atoms with Crippen LogP contribution in [0.5, 0.6) is 5.75 Å². The molecule has 1 aromatic heterocycles. The first-order valence-electron chi connectivity index (χ1n) is 9.94. The molecule has 2 heterocycles. The number of amides is 1. The number of hydrogen-bond donors (Lipinski definition) is 2. The first-order chi connectivity index (χ1) is 14.8. The topological polar surface area (TPSA) is 98.8 Å². The fourth-order valence-electron chi connectivity index (χ4n) is 3.89. The zero-order valence-electron chi connectivity index (χ0n) is 17.5. The number of nitrogens with two attached hydrogens (primary N) is 1. The highest BCUT2D eigenvalue weighted by atomic mass is 19.1. The summed E-state index contributed by atoms with van der Waals surface area (Å²) >= 11 is 0. The second-order valence-electron chi connectivity index (χ2n) is 7.80. The molecule has 2 aromatic rings. The predicted octanol–water partition coefficient (Wildman–Crippen LogP) is 3.13. The van der Waals surface area contributed by atoms with Crippen LogP contribution in [0.15, 0.2) is 35.5 Å². The largest absolute Gasteiger partial charge is 0.479 e. The van der Waals surface area contributed by atoms with Crippen molar-refractivity contribution >= 4 is 17.6 Å². The number of carbonyl (C=O) groups excluding carboxylic acids is 1. The molecule has 0 spiro atoms. The van der Waals surface area contributed by atoms with Crippen molar-refractivity contribution in [2.75, 3.05) is 11.9 Å². The Morgan fingerprint density at radius 2 is 2.26 bits per heavy atom. The van der Waals surface area contributed by atoms with Crippen molar-refractivity contribution < 1.29 is 18.7 Å². The summed E-state index contributed by atoms with van der Waals surface area (Å²) in [5.41, 5.74) is 6.66. The summed E-state index contributed by atoms with van der Waals surface area (Å²) in [6.07, 6.45) is 2.19. The second-order valence-corrected chi connectivity index (χ2v) is 7.80. The Hall–Kier alpha value is -3.60. The van der Waals surface area contributed by atoms with Gasteiger partial charge >= 0.3 is 0 Å². The third-order valence-electron chi connectivity index (χ3n) is 5.59. The molecule has 0 saturated heterocycles. The zero-order valence-corrected chi connectivity index (χ0v) is 17.5. The van der Waals surface area contributed by atoms with E-state index in [0.717, 1.165) is 6.42 Å². The molecule has 0 radical (unpaired) electrons. The lowest BCUT2D eigenvalue weighted by atomic mass is 9.86. The summed E-state index contributed by atoms with van der Waals surface area (Å²) in [6, 6.07) is 6.21. The van der Waals surface area contributed by atoms with Crippen molar-refractivity contribution in [2.24, 2.45) is 16.6 Å². The van der Waals surface area contributed by atoms with Crippen molar-refractivity contribution in [3.8, 4) is 17.6 Å². The van der Waals surface area contributed by atoms with Crippen molar-refractivity contribution in [3.63, 3.8) is 0 Å². The number of benzene rings is 1. The second kappa shape index (κ2) is 7.91. The predicted molar refractivity (Wildman–Crippen MR) is 114 cm³/mol. The Bertz CT molecular complexity index is 1140. The Morgan fingerprint density at radius 1 is 1.45 bits per heavy atom. The van der Waals surface area contributed by atoms with Crippen LogP contribution in [0.25, 0.3) is 0 Å². The number of ether oxygens (including phenoxy) is 2. The lowest BCUT2D eigenvalue weighted by Gasteiger charge is -2.30. The molecule has 31 heavy (non-hydrogen) atoms. The van der Waals surface area contributed by atoms with E-state index in [1.165, 1.54) is 18.3 Å². The zero-order chi connectivity index (χ0) is 22.2. The van der Waals surface area contributed by atoms with Crippen LogP contribution in [0.2, 0.25) is 0 Å². The third kappa shape index (κ3) is 4.04. The molecule has 1 saturated carbocycles. The molecule has 1 aliphatic carbocycles. The molecular formula is C23H23FN4O3. The molecular weight excluding hydrogens is 399 g/mol. The third-order valence-corrected chi connectivity index (χ3v) is 5.59. The lowest BCUT2D eigenvalue weighted by Crippen LogP contribution is -2.35. The number of rotatable bonds is 5. The molecule has 1 aliphatic heterocycles. The Balaban J connectivity index is 1.55. The molecule has 8 heteroatoms. The van der Waals surface area contributed by atoms with Gasteiger partial charge in [-0.05, 0) is 57.0 Å². The van der Waals surface area contributed by atoms with Gasteiger partial charge in [-0.3, -0.25) is 4.79 Å². The highest BCUT2D eigenvalue weighted by Crippen LogP contribution is 2.53. The molecule has 3 N–H and O–H groups in total. The number of hydrogen-bond acceptors (Lipinski definition) is 6. The van der Waals surface area contributed by atoms with Gasteiger partial charge in [-0.25, -0.2) is 14.4 Å². The average molecular weight is 422 g/mol. The van der Waals surface area contributed by atoms with E-state index in [2.05, 4.69) is 27.1 Å². The van der Waals surface area contributed by atoms with Crippen LogP contribution in [0.1, 0.15) is 41.9 Å². The molecule has 0 unspecified atom stereocenters. The normalized spacial score (nSPS) is 23.4. The summed E-state index contributed by atoms with van der Waals surface area (Å²) in [7, 11) is 0. The van der Waals surface area contributed by atoms with Crippen LogP contribution in [0, 0.1) is 30.5 Å². The Kier molecular flexibility index (Phi) is 5.27. The SMILES string of the molecule is CC#CCOc1cnc(C(=O)Nc2ccc(F)c([C@]3(C)N=C(N)O[C@@H]4C[C@@H]43)c2)c(C)c1. The van der Waals surface area contributed by atoms with E-state index in [1.54, 1.807) is 26.0 Å². The molecule has 160 valence electrons. The van der Waals surface area contributed by atoms with Gasteiger partial charge < -0.3 is 20.5 Å². The molecule has 3 atom stereocenters. The van der Waals surface area contributed by atoms with Crippen LogP contribution in [-0.4, -0.2) is 29.6 Å². The number of amidine groups is 1. The van der Waals surface area contributed by atoms with Gasteiger partial charge in [0.05, 0.1) is 11.7 Å². The fraction of sp³-hybridized carbons (Fsp3) is 0.348. The maximum Gasteiger partial charge on any atom is 0.283 e. The summed E-state index contributed by atoms with van der Waals surface area (Å²) in [5.74, 6) is 5.31. The van der Waals surface area contributed by atoms with Gasteiger partial charge in [0.1, 0.15) is 30.0 Å². The number of aryl methyl sites for hydroxylation is 1. The number of aromatic nitrogens is 1. The van der Waals surface area contributed by atoms with Gasteiger partial charge in [0, 0.05) is 17.2 Å².